The van der Waals surface area contributed by atoms with Gasteiger partial charge in [0.25, 0.3) is 0 Å². The second-order valence-electron chi connectivity index (χ2n) is 4.37. The first-order valence-corrected chi connectivity index (χ1v) is 7.81. The normalized spacial score (nSPS) is 10.5. The zero-order chi connectivity index (χ0) is 14.8. The first-order chi connectivity index (χ1) is 10.1. The fraction of sp³-hybridized carbons (Fsp3) is 0. The lowest BCUT2D eigenvalue weighted by Gasteiger charge is -1.98. The molecule has 0 spiro atoms. The summed E-state index contributed by atoms with van der Waals surface area (Å²) < 4.78 is 0.976. The largest absolute Gasteiger partial charge is 0.477 e. The fourth-order valence-electron chi connectivity index (χ4n) is 1.97. The van der Waals surface area contributed by atoms with Crippen LogP contribution in [0.3, 0.4) is 0 Å². The Bertz CT molecular complexity index is 782. The van der Waals surface area contributed by atoms with Crippen LogP contribution in [0.25, 0.3) is 21.8 Å². The molecule has 0 unspecified atom stereocenters. The number of benzene rings is 2. The molecule has 0 aliphatic rings. The SMILES string of the molecule is O=C(O)c1sc(-c2ccc(Br)cc2)nc1-c1ccccc1. The van der Waals surface area contributed by atoms with Gasteiger partial charge in [-0.3, -0.25) is 0 Å². The summed E-state index contributed by atoms with van der Waals surface area (Å²) in [6.07, 6.45) is 0. The molecular weight excluding hydrogens is 350 g/mol. The van der Waals surface area contributed by atoms with E-state index in [0.717, 1.165) is 15.6 Å². The van der Waals surface area contributed by atoms with Crippen molar-refractivity contribution in [2.45, 2.75) is 0 Å². The molecule has 3 aromatic rings. The van der Waals surface area contributed by atoms with Crippen LogP contribution in [0.2, 0.25) is 0 Å². The fourth-order valence-corrected chi connectivity index (χ4v) is 3.17. The zero-order valence-electron chi connectivity index (χ0n) is 10.8. The summed E-state index contributed by atoms with van der Waals surface area (Å²) in [4.78, 5) is 16.2. The minimum Gasteiger partial charge on any atom is -0.477 e. The number of aromatic carboxylic acids is 1. The van der Waals surface area contributed by atoms with Gasteiger partial charge < -0.3 is 5.11 Å². The average molecular weight is 360 g/mol. The summed E-state index contributed by atoms with van der Waals surface area (Å²) >= 11 is 4.58. The topological polar surface area (TPSA) is 50.2 Å². The van der Waals surface area contributed by atoms with Gasteiger partial charge in [0.2, 0.25) is 0 Å². The van der Waals surface area contributed by atoms with E-state index in [1.807, 2.05) is 54.6 Å². The van der Waals surface area contributed by atoms with Crippen molar-refractivity contribution >= 4 is 33.2 Å². The van der Waals surface area contributed by atoms with Crippen LogP contribution in [-0.4, -0.2) is 16.1 Å². The molecule has 21 heavy (non-hydrogen) atoms. The highest BCUT2D eigenvalue weighted by Gasteiger charge is 2.19. The Morgan fingerprint density at radius 1 is 1.00 bits per heavy atom. The maximum Gasteiger partial charge on any atom is 0.348 e. The van der Waals surface area contributed by atoms with E-state index in [1.54, 1.807) is 0 Å². The number of aromatic nitrogens is 1. The van der Waals surface area contributed by atoms with E-state index in [-0.39, 0.29) is 4.88 Å². The van der Waals surface area contributed by atoms with Gasteiger partial charge in [0.1, 0.15) is 9.88 Å². The second kappa shape index (κ2) is 5.79. The Hall–Kier alpha value is -1.98. The minimum absolute atomic E-state index is 0.263. The van der Waals surface area contributed by atoms with E-state index in [9.17, 15) is 9.90 Å². The monoisotopic (exact) mass is 359 g/mol. The van der Waals surface area contributed by atoms with Gasteiger partial charge in [-0.25, -0.2) is 9.78 Å². The van der Waals surface area contributed by atoms with E-state index >= 15 is 0 Å². The average Bonchev–Trinajstić information content (AvgIpc) is 2.94. The predicted molar refractivity (Wildman–Crippen MR) is 87.6 cm³/mol. The lowest BCUT2D eigenvalue weighted by Crippen LogP contribution is -1.95. The standard InChI is InChI=1S/C16H10BrNO2S/c17-12-8-6-11(7-9-12)15-18-13(14(21-15)16(19)20)10-4-2-1-3-5-10/h1-9H,(H,19,20). The van der Waals surface area contributed by atoms with Gasteiger partial charge in [0.05, 0.1) is 5.69 Å². The Morgan fingerprint density at radius 2 is 1.67 bits per heavy atom. The maximum absolute atomic E-state index is 11.5. The molecule has 0 amide bonds. The highest BCUT2D eigenvalue weighted by molar-refractivity contribution is 9.10. The first kappa shape index (κ1) is 14.0. The Kier molecular flexibility index (Phi) is 3.86. The van der Waals surface area contributed by atoms with Crippen molar-refractivity contribution in [1.82, 2.24) is 4.98 Å². The molecule has 1 heterocycles. The van der Waals surface area contributed by atoms with Crippen LogP contribution in [-0.2, 0) is 0 Å². The van der Waals surface area contributed by atoms with Gasteiger partial charge in [-0.15, -0.1) is 11.3 Å². The van der Waals surface area contributed by atoms with Gasteiger partial charge in [0, 0.05) is 15.6 Å². The quantitative estimate of drug-likeness (QED) is 0.720. The van der Waals surface area contributed by atoms with Gasteiger partial charge in [-0.2, -0.15) is 0 Å². The molecule has 0 saturated carbocycles. The van der Waals surface area contributed by atoms with Gasteiger partial charge in [-0.1, -0.05) is 58.4 Å². The Labute approximate surface area is 134 Å². The first-order valence-electron chi connectivity index (χ1n) is 6.20. The van der Waals surface area contributed by atoms with Crippen LogP contribution in [0.4, 0.5) is 0 Å². The maximum atomic E-state index is 11.5. The number of carboxylic acids is 1. The molecule has 104 valence electrons. The van der Waals surface area contributed by atoms with Crippen molar-refractivity contribution in [1.29, 1.82) is 0 Å². The van der Waals surface area contributed by atoms with Gasteiger partial charge in [0.15, 0.2) is 0 Å². The summed E-state index contributed by atoms with van der Waals surface area (Å²) in [5.41, 5.74) is 2.24. The van der Waals surface area contributed by atoms with Crippen molar-refractivity contribution in [2.75, 3.05) is 0 Å². The van der Waals surface area contributed by atoms with Crippen LogP contribution in [0.1, 0.15) is 9.67 Å². The van der Waals surface area contributed by atoms with Crippen LogP contribution >= 0.6 is 27.3 Å². The third kappa shape index (κ3) is 2.89. The van der Waals surface area contributed by atoms with Crippen molar-refractivity contribution in [3.05, 3.63) is 63.9 Å². The number of halogens is 1. The molecular formula is C16H10BrNO2S. The molecule has 1 aromatic heterocycles. The van der Waals surface area contributed by atoms with E-state index in [2.05, 4.69) is 20.9 Å². The predicted octanol–water partition coefficient (Wildman–Crippen LogP) is 4.94. The van der Waals surface area contributed by atoms with E-state index in [1.165, 1.54) is 11.3 Å². The molecule has 0 saturated heterocycles. The minimum atomic E-state index is -0.949. The second-order valence-corrected chi connectivity index (χ2v) is 6.29. The third-order valence-electron chi connectivity index (χ3n) is 2.96. The molecule has 5 heteroatoms. The lowest BCUT2D eigenvalue weighted by molar-refractivity contribution is 0.0702. The number of hydrogen-bond acceptors (Lipinski definition) is 3. The summed E-state index contributed by atoms with van der Waals surface area (Å²) in [7, 11) is 0. The summed E-state index contributed by atoms with van der Waals surface area (Å²) in [5, 5.41) is 10.1. The van der Waals surface area contributed by atoms with Crippen LogP contribution < -0.4 is 0 Å². The summed E-state index contributed by atoms with van der Waals surface area (Å²) in [6, 6.07) is 17.1. The smallest absolute Gasteiger partial charge is 0.348 e. The number of rotatable bonds is 3. The summed E-state index contributed by atoms with van der Waals surface area (Å²) in [5.74, 6) is -0.949. The molecule has 0 aliphatic carbocycles. The summed E-state index contributed by atoms with van der Waals surface area (Å²) in [6.45, 7) is 0. The van der Waals surface area contributed by atoms with E-state index < -0.39 is 5.97 Å². The van der Waals surface area contributed by atoms with Crippen molar-refractivity contribution in [2.24, 2.45) is 0 Å². The Balaban J connectivity index is 2.13. The number of thiazole rings is 1. The lowest BCUT2D eigenvalue weighted by atomic mass is 10.1. The number of hydrogen-bond donors (Lipinski definition) is 1. The number of nitrogens with zero attached hydrogens (tertiary/aromatic N) is 1. The van der Waals surface area contributed by atoms with E-state index in [4.69, 9.17) is 0 Å². The van der Waals surface area contributed by atoms with Crippen molar-refractivity contribution in [3.63, 3.8) is 0 Å². The third-order valence-corrected chi connectivity index (χ3v) is 4.58. The molecule has 0 fully saturated rings. The molecule has 0 bridgehead atoms. The molecule has 2 aromatic carbocycles. The molecule has 0 atom stereocenters. The van der Waals surface area contributed by atoms with E-state index in [0.29, 0.717) is 10.7 Å². The highest BCUT2D eigenvalue weighted by atomic mass is 79.9. The van der Waals surface area contributed by atoms with Crippen molar-refractivity contribution < 1.29 is 9.90 Å². The molecule has 0 radical (unpaired) electrons. The van der Waals surface area contributed by atoms with Crippen LogP contribution in [0, 0.1) is 0 Å². The molecule has 3 nitrogen and oxygen atoms in total. The van der Waals surface area contributed by atoms with Crippen molar-refractivity contribution in [3.8, 4) is 21.8 Å². The number of carbonyl (C=O) groups is 1. The highest BCUT2D eigenvalue weighted by Crippen LogP contribution is 2.34. The van der Waals surface area contributed by atoms with Gasteiger partial charge >= 0.3 is 5.97 Å². The zero-order valence-corrected chi connectivity index (χ0v) is 13.2. The van der Waals surface area contributed by atoms with Crippen LogP contribution in [0.5, 0.6) is 0 Å². The molecule has 0 aliphatic heterocycles. The number of carboxylic acid groups (broad SMARTS) is 1. The molecule has 1 N–H and O–H groups in total. The molecule has 3 rings (SSSR count). The van der Waals surface area contributed by atoms with Gasteiger partial charge in [-0.05, 0) is 12.1 Å². The Morgan fingerprint density at radius 3 is 2.29 bits per heavy atom. The van der Waals surface area contributed by atoms with Crippen LogP contribution in [0.15, 0.2) is 59.1 Å².